The molecule has 1 nitrogen and oxygen atoms in total. The molecule has 0 atom stereocenters. The van der Waals surface area contributed by atoms with Gasteiger partial charge in [0.1, 0.15) is 0 Å². The molecule has 0 bridgehead atoms. The third-order valence-corrected chi connectivity index (χ3v) is 5.51. The van der Waals surface area contributed by atoms with Crippen molar-refractivity contribution in [3.05, 3.63) is 58.2 Å². The molecule has 0 aromatic carbocycles. The second-order valence-corrected chi connectivity index (χ2v) is 7.92. The van der Waals surface area contributed by atoms with Gasteiger partial charge >= 0.3 is 0 Å². The summed E-state index contributed by atoms with van der Waals surface area (Å²) in [6.07, 6.45) is 21.0. The van der Waals surface area contributed by atoms with Crippen molar-refractivity contribution in [3.63, 3.8) is 0 Å². The van der Waals surface area contributed by atoms with Crippen LogP contribution in [0.4, 0.5) is 0 Å². The van der Waals surface area contributed by atoms with E-state index in [1.165, 1.54) is 60.6 Å². The Kier molecular flexibility index (Phi) is 6.60. The maximum Gasteiger partial charge on any atom is 0.0180 e. The van der Waals surface area contributed by atoms with E-state index in [0.29, 0.717) is 5.41 Å². The summed E-state index contributed by atoms with van der Waals surface area (Å²) in [5, 5.41) is 7.27. The van der Waals surface area contributed by atoms with Crippen molar-refractivity contribution in [2.45, 2.75) is 72.6 Å². The predicted molar refractivity (Wildman–Crippen MR) is 107 cm³/mol. The van der Waals surface area contributed by atoms with Crippen LogP contribution in [0.25, 0.3) is 0 Å². The van der Waals surface area contributed by atoms with Gasteiger partial charge in [-0.05, 0) is 92.6 Å². The summed E-state index contributed by atoms with van der Waals surface area (Å²) in [6, 6.07) is 0. The number of hydrogen-bond acceptors (Lipinski definition) is 1. The molecule has 1 N–H and O–H groups in total. The van der Waals surface area contributed by atoms with Gasteiger partial charge in [0.25, 0.3) is 0 Å². The van der Waals surface area contributed by atoms with E-state index in [0.717, 1.165) is 12.8 Å². The highest BCUT2D eigenvalue weighted by Gasteiger charge is 2.26. The van der Waals surface area contributed by atoms with E-state index < -0.39 is 0 Å². The molecule has 0 heterocycles. The second-order valence-electron chi connectivity index (χ2n) is 7.92. The first-order chi connectivity index (χ1) is 11.4. The Morgan fingerprint density at radius 2 is 1.83 bits per heavy atom. The van der Waals surface area contributed by atoms with Crippen molar-refractivity contribution in [3.8, 4) is 0 Å². The summed E-state index contributed by atoms with van der Waals surface area (Å²) in [7, 11) is 0. The highest BCUT2D eigenvalue weighted by atomic mass is 14.3. The molecule has 0 radical (unpaired) electrons. The quantitative estimate of drug-likeness (QED) is 0.536. The lowest BCUT2D eigenvalue weighted by atomic mass is 9.72. The highest BCUT2D eigenvalue weighted by molar-refractivity contribution is 5.70. The van der Waals surface area contributed by atoms with E-state index in [1.54, 1.807) is 5.57 Å². The summed E-state index contributed by atoms with van der Waals surface area (Å²) < 4.78 is 0. The molecule has 0 aromatic heterocycles. The number of nitrogens with one attached hydrogen (secondary N) is 1. The molecule has 0 aromatic rings. The molecule has 1 heteroatoms. The van der Waals surface area contributed by atoms with Gasteiger partial charge in [0.15, 0.2) is 0 Å². The minimum Gasteiger partial charge on any atom is -0.309 e. The van der Waals surface area contributed by atoms with Crippen LogP contribution in [-0.2, 0) is 0 Å². The Hall–Kier alpha value is -1.63. The van der Waals surface area contributed by atoms with Crippen LogP contribution in [0.3, 0.4) is 0 Å². The molecular weight excluding hydrogens is 290 g/mol. The van der Waals surface area contributed by atoms with Crippen molar-refractivity contribution < 1.29 is 0 Å². The topological polar surface area (TPSA) is 23.9 Å². The lowest BCUT2D eigenvalue weighted by Gasteiger charge is -2.33. The molecule has 24 heavy (non-hydrogen) atoms. The number of allylic oxidation sites excluding steroid dienone is 10. The van der Waals surface area contributed by atoms with Crippen LogP contribution < -0.4 is 0 Å². The maximum absolute atomic E-state index is 7.27. The van der Waals surface area contributed by atoms with Crippen LogP contribution in [0.5, 0.6) is 0 Å². The normalized spacial score (nSPS) is 27.1. The summed E-state index contributed by atoms with van der Waals surface area (Å²) >= 11 is 0. The molecule has 130 valence electrons. The van der Waals surface area contributed by atoms with Gasteiger partial charge in [0.2, 0.25) is 0 Å². The zero-order valence-corrected chi connectivity index (χ0v) is 15.9. The minimum absolute atomic E-state index is 0.306. The molecule has 0 saturated carbocycles. The molecule has 2 aliphatic rings. The number of hydrogen-bond donors (Lipinski definition) is 1. The monoisotopic (exact) mass is 323 g/mol. The second kappa shape index (κ2) is 8.46. The van der Waals surface area contributed by atoms with E-state index in [4.69, 9.17) is 5.41 Å². The molecule has 0 aliphatic heterocycles. The molecule has 0 unspecified atom stereocenters. The number of rotatable bonds is 3. The summed E-state index contributed by atoms with van der Waals surface area (Å²) in [5.41, 5.74) is 7.49. The SMILES string of the molecule is CC1=C(/C=C/C(C)=C2/C=C\C(=C\C=N)CCCC2)C(C)(C)CCC1. The Balaban J connectivity index is 2.25. The molecule has 2 rings (SSSR count). The van der Waals surface area contributed by atoms with Gasteiger partial charge in [-0.3, -0.25) is 0 Å². The van der Waals surface area contributed by atoms with Crippen LogP contribution in [0.1, 0.15) is 72.6 Å². The third kappa shape index (κ3) is 4.93. The molecule has 0 fully saturated rings. The summed E-state index contributed by atoms with van der Waals surface area (Å²) in [6.45, 7) is 9.29. The predicted octanol–water partition coefficient (Wildman–Crippen LogP) is 7.09. The first-order valence-electron chi connectivity index (χ1n) is 9.40. The third-order valence-electron chi connectivity index (χ3n) is 5.51. The van der Waals surface area contributed by atoms with Crippen LogP contribution >= 0.6 is 0 Å². The zero-order valence-electron chi connectivity index (χ0n) is 15.9. The van der Waals surface area contributed by atoms with E-state index >= 15 is 0 Å². The summed E-state index contributed by atoms with van der Waals surface area (Å²) in [4.78, 5) is 0. The first-order valence-corrected chi connectivity index (χ1v) is 9.40. The standard InChI is InChI=1S/C23H33N/c1-18(11-14-22-19(2)8-7-16-23(22,3)4)21-10-6-5-9-20(12-13-21)15-17-24/h11-15,17,24H,5-10,16H2,1-4H3/b13-12-,14-11+,20-15+,21-18+,24-17?. The molecule has 2 aliphatic carbocycles. The first kappa shape index (κ1) is 18.7. The fourth-order valence-electron chi connectivity index (χ4n) is 3.92. The Labute approximate surface area is 148 Å². The average Bonchev–Trinajstić information content (AvgIpc) is 2.49. The van der Waals surface area contributed by atoms with Gasteiger partial charge in [-0.1, -0.05) is 43.7 Å². The minimum atomic E-state index is 0.306. The average molecular weight is 324 g/mol. The lowest BCUT2D eigenvalue weighted by Crippen LogP contribution is -2.19. The molecule has 0 amide bonds. The van der Waals surface area contributed by atoms with Crippen LogP contribution in [0, 0.1) is 10.8 Å². The lowest BCUT2D eigenvalue weighted by molar-refractivity contribution is 0.377. The van der Waals surface area contributed by atoms with Gasteiger partial charge in [0.05, 0.1) is 0 Å². The molecule has 0 saturated heterocycles. The van der Waals surface area contributed by atoms with Crippen molar-refractivity contribution in [1.82, 2.24) is 0 Å². The zero-order chi connectivity index (χ0) is 17.6. The van der Waals surface area contributed by atoms with Gasteiger partial charge in [-0.2, -0.15) is 0 Å². The Bertz CT molecular complexity index is 620. The van der Waals surface area contributed by atoms with E-state index in [2.05, 4.69) is 52.0 Å². The van der Waals surface area contributed by atoms with Crippen molar-refractivity contribution in [2.24, 2.45) is 5.41 Å². The Morgan fingerprint density at radius 3 is 2.54 bits per heavy atom. The van der Waals surface area contributed by atoms with Crippen molar-refractivity contribution in [2.75, 3.05) is 0 Å². The van der Waals surface area contributed by atoms with Gasteiger partial charge < -0.3 is 5.41 Å². The smallest absolute Gasteiger partial charge is 0.0180 e. The fourth-order valence-corrected chi connectivity index (χ4v) is 3.92. The van der Waals surface area contributed by atoms with E-state index in [1.807, 2.05) is 6.08 Å². The maximum atomic E-state index is 7.27. The largest absolute Gasteiger partial charge is 0.309 e. The van der Waals surface area contributed by atoms with E-state index in [9.17, 15) is 0 Å². The Morgan fingerprint density at radius 1 is 1.08 bits per heavy atom. The fraction of sp³-hybridized carbons (Fsp3) is 0.522. The van der Waals surface area contributed by atoms with Gasteiger partial charge in [-0.25, -0.2) is 0 Å². The van der Waals surface area contributed by atoms with Crippen molar-refractivity contribution >= 4 is 6.21 Å². The molecular formula is C23H33N. The van der Waals surface area contributed by atoms with Crippen molar-refractivity contribution in [1.29, 1.82) is 5.41 Å². The van der Waals surface area contributed by atoms with Crippen LogP contribution in [0.15, 0.2) is 58.2 Å². The molecule has 0 spiro atoms. The van der Waals surface area contributed by atoms with Gasteiger partial charge in [0, 0.05) is 6.21 Å². The van der Waals surface area contributed by atoms with Crippen LogP contribution in [-0.4, -0.2) is 6.21 Å². The van der Waals surface area contributed by atoms with Gasteiger partial charge in [-0.15, -0.1) is 0 Å². The van der Waals surface area contributed by atoms with Crippen LogP contribution in [0.2, 0.25) is 0 Å². The summed E-state index contributed by atoms with van der Waals surface area (Å²) in [5.74, 6) is 0. The highest BCUT2D eigenvalue weighted by Crippen LogP contribution is 2.40. The van der Waals surface area contributed by atoms with E-state index in [-0.39, 0.29) is 0 Å².